The molecule has 0 aromatic heterocycles. The molecule has 0 saturated carbocycles. The molecule has 27 heavy (non-hydrogen) atoms. The first-order chi connectivity index (χ1) is 13.1. The highest BCUT2D eigenvalue weighted by atomic mass is 16.7. The van der Waals surface area contributed by atoms with Gasteiger partial charge >= 0.3 is 0 Å². The Balaban J connectivity index is 0.00000102. The first-order valence-corrected chi connectivity index (χ1v) is 10.0. The summed E-state index contributed by atoms with van der Waals surface area (Å²) in [5.74, 6) is 1.13. The van der Waals surface area contributed by atoms with Crippen molar-refractivity contribution in [3.8, 4) is 5.75 Å². The minimum Gasteiger partial charge on any atom is -0.465 e. The highest BCUT2D eigenvalue weighted by molar-refractivity contribution is 5.91. The zero-order valence-electron chi connectivity index (χ0n) is 17.0. The normalized spacial score (nSPS) is 16.1. The van der Waals surface area contributed by atoms with Gasteiger partial charge in [0.05, 0.1) is 6.10 Å². The van der Waals surface area contributed by atoms with Crippen LogP contribution in [-0.4, -0.2) is 6.29 Å². The van der Waals surface area contributed by atoms with Crippen molar-refractivity contribution in [1.82, 2.24) is 0 Å². The van der Waals surface area contributed by atoms with Crippen LogP contribution in [0.5, 0.6) is 5.75 Å². The van der Waals surface area contributed by atoms with E-state index in [1.165, 1.54) is 27.5 Å². The number of hydrogen-bond acceptors (Lipinski definition) is 2. The molecule has 0 spiro atoms. The summed E-state index contributed by atoms with van der Waals surface area (Å²) in [5.41, 5.74) is 3.88. The second-order valence-electron chi connectivity index (χ2n) is 7.23. The maximum absolute atomic E-state index is 6.46. The van der Waals surface area contributed by atoms with Crippen LogP contribution in [0.1, 0.15) is 50.5 Å². The molecule has 0 aliphatic heterocycles. The predicted molar refractivity (Wildman–Crippen MR) is 113 cm³/mol. The van der Waals surface area contributed by atoms with E-state index in [2.05, 4.69) is 69.3 Å². The summed E-state index contributed by atoms with van der Waals surface area (Å²) in [5, 5.41) is 2.65. The third-order valence-corrected chi connectivity index (χ3v) is 4.89. The molecule has 3 aromatic carbocycles. The topological polar surface area (TPSA) is 18.5 Å². The van der Waals surface area contributed by atoms with Crippen LogP contribution in [0, 0.1) is 12.8 Å². The van der Waals surface area contributed by atoms with Gasteiger partial charge in [0.15, 0.2) is 0 Å². The standard InChI is InChI=1S/C23H24O2.C2H6/c1-15(2)23(24-19-12-10-16(3)11-13-19)25-21-14-18-8-4-6-17-7-5-9-20(21)22(17)18;1-2/h4-13,15,21,23H,14H2,1-3H3;1-2H3. The van der Waals surface area contributed by atoms with E-state index < -0.39 is 0 Å². The Morgan fingerprint density at radius 1 is 0.889 bits per heavy atom. The molecule has 0 heterocycles. The molecule has 3 aromatic rings. The summed E-state index contributed by atoms with van der Waals surface area (Å²) >= 11 is 0. The predicted octanol–water partition coefficient (Wildman–Crippen LogP) is 6.85. The molecule has 0 amide bonds. The Hall–Kier alpha value is -2.32. The van der Waals surface area contributed by atoms with Crippen LogP contribution >= 0.6 is 0 Å². The summed E-state index contributed by atoms with van der Waals surface area (Å²) in [6.07, 6.45) is 0.702. The molecule has 1 aliphatic rings. The van der Waals surface area contributed by atoms with Crippen molar-refractivity contribution in [2.45, 2.75) is 53.4 Å². The molecular formula is C25H30O2. The van der Waals surface area contributed by atoms with Crippen LogP contribution in [0.25, 0.3) is 10.8 Å². The zero-order chi connectivity index (χ0) is 19.4. The van der Waals surface area contributed by atoms with E-state index in [0.29, 0.717) is 0 Å². The molecule has 0 N–H and O–H groups in total. The Morgan fingerprint density at radius 2 is 1.56 bits per heavy atom. The number of benzene rings is 3. The molecule has 2 heteroatoms. The van der Waals surface area contributed by atoms with Crippen LogP contribution in [-0.2, 0) is 11.2 Å². The van der Waals surface area contributed by atoms with Crippen LogP contribution in [0.2, 0.25) is 0 Å². The molecule has 2 atom stereocenters. The van der Waals surface area contributed by atoms with E-state index in [9.17, 15) is 0 Å². The highest BCUT2D eigenvalue weighted by Crippen LogP contribution is 2.40. The number of ether oxygens (including phenoxy) is 2. The van der Waals surface area contributed by atoms with Crippen molar-refractivity contribution in [2.24, 2.45) is 5.92 Å². The van der Waals surface area contributed by atoms with Crippen molar-refractivity contribution in [2.75, 3.05) is 0 Å². The van der Waals surface area contributed by atoms with Gasteiger partial charge in [-0.15, -0.1) is 0 Å². The molecule has 4 rings (SSSR count). The molecule has 142 valence electrons. The average molecular weight is 363 g/mol. The van der Waals surface area contributed by atoms with Gasteiger partial charge in [0.1, 0.15) is 5.75 Å². The van der Waals surface area contributed by atoms with Crippen molar-refractivity contribution >= 4 is 10.8 Å². The van der Waals surface area contributed by atoms with Crippen LogP contribution in [0.4, 0.5) is 0 Å². The second kappa shape index (κ2) is 8.58. The molecule has 0 saturated heterocycles. The van der Waals surface area contributed by atoms with Crippen molar-refractivity contribution in [1.29, 1.82) is 0 Å². The SMILES string of the molecule is CC.Cc1ccc(OC(OC2Cc3cccc4cccc2c34)C(C)C)cc1. The Labute approximate surface area is 163 Å². The molecule has 0 fully saturated rings. The van der Waals surface area contributed by atoms with Gasteiger partial charge in [-0.1, -0.05) is 81.8 Å². The maximum atomic E-state index is 6.46. The first kappa shape index (κ1) is 19.4. The fraction of sp³-hybridized carbons (Fsp3) is 0.360. The van der Waals surface area contributed by atoms with Crippen molar-refractivity contribution in [3.05, 3.63) is 77.4 Å². The van der Waals surface area contributed by atoms with Gasteiger partial charge in [0.2, 0.25) is 6.29 Å². The zero-order valence-corrected chi connectivity index (χ0v) is 17.0. The van der Waals surface area contributed by atoms with Gasteiger partial charge in [-0.05, 0) is 41.0 Å². The van der Waals surface area contributed by atoms with E-state index in [4.69, 9.17) is 9.47 Å². The monoisotopic (exact) mass is 362 g/mol. The van der Waals surface area contributed by atoms with E-state index >= 15 is 0 Å². The fourth-order valence-electron chi connectivity index (χ4n) is 3.55. The largest absolute Gasteiger partial charge is 0.465 e. The first-order valence-electron chi connectivity index (χ1n) is 10.0. The average Bonchev–Trinajstić information content (AvgIpc) is 3.04. The van der Waals surface area contributed by atoms with Gasteiger partial charge < -0.3 is 9.47 Å². The quantitative estimate of drug-likeness (QED) is 0.462. The molecule has 2 nitrogen and oxygen atoms in total. The highest BCUT2D eigenvalue weighted by Gasteiger charge is 2.29. The minimum absolute atomic E-state index is 0.0546. The summed E-state index contributed by atoms with van der Waals surface area (Å²) in [4.78, 5) is 0. The van der Waals surface area contributed by atoms with Crippen LogP contribution in [0.3, 0.4) is 0 Å². The van der Waals surface area contributed by atoms with E-state index in [-0.39, 0.29) is 18.3 Å². The summed E-state index contributed by atoms with van der Waals surface area (Å²) < 4.78 is 12.6. The van der Waals surface area contributed by atoms with Crippen molar-refractivity contribution < 1.29 is 9.47 Å². The third kappa shape index (κ3) is 4.17. The maximum Gasteiger partial charge on any atom is 0.202 e. The van der Waals surface area contributed by atoms with Gasteiger partial charge in [0.25, 0.3) is 0 Å². The fourth-order valence-corrected chi connectivity index (χ4v) is 3.55. The molecule has 0 radical (unpaired) electrons. The van der Waals surface area contributed by atoms with Crippen LogP contribution in [0.15, 0.2) is 60.7 Å². The number of rotatable bonds is 5. The lowest BCUT2D eigenvalue weighted by atomic mass is 10.1. The van der Waals surface area contributed by atoms with Gasteiger partial charge in [0, 0.05) is 12.3 Å². The Bertz CT molecular complexity index is 875. The van der Waals surface area contributed by atoms with E-state index in [1.807, 2.05) is 26.0 Å². The lowest BCUT2D eigenvalue weighted by Crippen LogP contribution is -2.28. The molecule has 2 unspecified atom stereocenters. The van der Waals surface area contributed by atoms with E-state index in [1.54, 1.807) is 0 Å². The van der Waals surface area contributed by atoms with Crippen molar-refractivity contribution in [3.63, 3.8) is 0 Å². The second-order valence-corrected chi connectivity index (χ2v) is 7.23. The summed E-state index contributed by atoms with van der Waals surface area (Å²) in [6, 6.07) is 21.2. The van der Waals surface area contributed by atoms with Gasteiger partial charge in [-0.3, -0.25) is 0 Å². The minimum atomic E-state index is -0.266. The Morgan fingerprint density at radius 3 is 2.22 bits per heavy atom. The number of hydrogen-bond donors (Lipinski definition) is 0. The lowest BCUT2D eigenvalue weighted by Gasteiger charge is -2.26. The van der Waals surface area contributed by atoms with Gasteiger partial charge in [-0.2, -0.15) is 0 Å². The van der Waals surface area contributed by atoms with E-state index in [0.717, 1.165) is 12.2 Å². The summed E-state index contributed by atoms with van der Waals surface area (Å²) in [6.45, 7) is 10.4. The smallest absolute Gasteiger partial charge is 0.202 e. The third-order valence-electron chi connectivity index (χ3n) is 4.89. The Kier molecular flexibility index (Phi) is 6.18. The molecular weight excluding hydrogens is 332 g/mol. The lowest BCUT2D eigenvalue weighted by molar-refractivity contribution is -0.143. The number of aryl methyl sites for hydroxylation is 1. The van der Waals surface area contributed by atoms with Crippen LogP contribution < -0.4 is 4.74 Å². The molecule has 1 aliphatic carbocycles. The summed E-state index contributed by atoms with van der Waals surface area (Å²) in [7, 11) is 0. The van der Waals surface area contributed by atoms with Gasteiger partial charge in [-0.25, -0.2) is 0 Å². The molecule has 0 bridgehead atoms.